The second-order valence-electron chi connectivity index (χ2n) is 12.1. The van der Waals surface area contributed by atoms with E-state index in [1.807, 2.05) is 0 Å². The molecule has 30 heavy (non-hydrogen) atoms. The van der Waals surface area contributed by atoms with Gasteiger partial charge in [-0.05, 0) is 92.9 Å². The van der Waals surface area contributed by atoms with Crippen molar-refractivity contribution in [3.8, 4) is 0 Å². The van der Waals surface area contributed by atoms with Gasteiger partial charge in [-0.25, -0.2) is 4.79 Å². The molecule has 0 heterocycles. The molecule has 4 nitrogen and oxygen atoms in total. The van der Waals surface area contributed by atoms with Gasteiger partial charge < -0.3 is 15.2 Å². The molecule has 4 fully saturated rings. The quantitative estimate of drug-likeness (QED) is 0.620. The number of nitrogens with one attached hydrogen (secondary N) is 1. The van der Waals surface area contributed by atoms with Crippen LogP contribution in [0.3, 0.4) is 0 Å². The minimum Gasteiger partial charge on any atom is -0.467 e. The third kappa shape index (κ3) is 3.27. The van der Waals surface area contributed by atoms with Crippen LogP contribution in [0.15, 0.2) is 0 Å². The van der Waals surface area contributed by atoms with E-state index in [1.165, 1.54) is 52.1 Å². The van der Waals surface area contributed by atoms with Gasteiger partial charge in [-0.3, -0.25) is 0 Å². The summed E-state index contributed by atoms with van der Waals surface area (Å²) in [5.41, 5.74) is -1.32. The SMILES string of the molecule is COC(=O)C1(O)CC[C@H]2[C@@H]3CCC4CCCC[C@]4(C)[C@@H]3C(NCCC(C)C)C[C@@]21C. The Morgan fingerprint density at radius 2 is 1.90 bits per heavy atom. The summed E-state index contributed by atoms with van der Waals surface area (Å²) in [5, 5.41) is 15.6. The van der Waals surface area contributed by atoms with E-state index in [1.54, 1.807) is 0 Å². The van der Waals surface area contributed by atoms with Gasteiger partial charge in [-0.15, -0.1) is 0 Å². The first-order valence-electron chi connectivity index (χ1n) is 12.7. The lowest BCUT2D eigenvalue weighted by atomic mass is 9.43. The Hall–Kier alpha value is -0.610. The van der Waals surface area contributed by atoms with Gasteiger partial charge in [-0.1, -0.05) is 40.5 Å². The van der Waals surface area contributed by atoms with Crippen LogP contribution in [0.1, 0.15) is 91.9 Å². The van der Waals surface area contributed by atoms with E-state index >= 15 is 0 Å². The lowest BCUT2D eigenvalue weighted by molar-refractivity contribution is -0.193. The minimum absolute atomic E-state index is 0.384. The van der Waals surface area contributed by atoms with Gasteiger partial charge in [0.1, 0.15) is 0 Å². The van der Waals surface area contributed by atoms with Crippen molar-refractivity contribution >= 4 is 5.97 Å². The largest absolute Gasteiger partial charge is 0.467 e. The van der Waals surface area contributed by atoms with Crippen LogP contribution in [0.2, 0.25) is 0 Å². The van der Waals surface area contributed by atoms with E-state index in [2.05, 4.69) is 33.0 Å². The number of rotatable bonds is 5. The van der Waals surface area contributed by atoms with Crippen molar-refractivity contribution < 1.29 is 14.6 Å². The Balaban J connectivity index is 1.69. The molecule has 0 radical (unpaired) electrons. The first kappa shape index (κ1) is 22.6. The van der Waals surface area contributed by atoms with E-state index < -0.39 is 17.0 Å². The molecule has 4 aliphatic rings. The van der Waals surface area contributed by atoms with Crippen LogP contribution in [0.25, 0.3) is 0 Å². The molecule has 4 heteroatoms. The highest BCUT2D eigenvalue weighted by molar-refractivity contribution is 5.81. The highest BCUT2D eigenvalue weighted by Crippen LogP contribution is 2.68. The molecule has 0 aromatic heterocycles. The van der Waals surface area contributed by atoms with Gasteiger partial charge in [0, 0.05) is 11.5 Å². The Labute approximate surface area is 183 Å². The second-order valence-corrected chi connectivity index (χ2v) is 12.1. The number of hydrogen-bond acceptors (Lipinski definition) is 4. The van der Waals surface area contributed by atoms with E-state index in [0.29, 0.717) is 41.5 Å². The van der Waals surface area contributed by atoms with Crippen molar-refractivity contribution in [2.75, 3.05) is 13.7 Å². The smallest absolute Gasteiger partial charge is 0.338 e. The summed E-state index contributed by atoms with van der Waals surface area (Å²) in [6, 6.07) is 0.384. The zero-order valence-corrected chi connectivity index (χ0v) is 20.0. The average molecular weight is 420 g/mol. The third-order valence-corrected chi connectivity index (χ3v) is 10.3. The zero-order chi connectivity index (χ0) is 21.7. The standard InChI is InChI=1S/C26H45NO3/c1-17(2)12-15-27-21-16-25(4)20(11-14-26(25,29)23(28)30-5)19-10-9-18-8-6-7-13-24(18,3)22(19)21/h17-22,27,29H,6-16H2,1-5H3/t18?,19-,20-,21?,22-,24-,25-,26?/m0/s1. The van der Waals surface area contributed by atoms with E-state index in [4.69, 9.17) is 4.74 Å². The fourth-order valence-electron chi connectivity index (χ4n) is 8.74. The fraction of sp³-hybridized carbons (Fsp3) is 0.962. The summed E-state index contributed by atoms with van der Waals surface area (Å²) in [5.74, 6) is 2.83. The molecule has 4 rings (SSSR count). The summed E-state index contributed by atoms with van der Waals surface area (Å²) in [6.45, 7) is 10.4. The Kier molecular flexibility index (Phi) is 6.07. The number of ether oxygens (including phenoxy) is 1. The number of hydrogen-bond donors (Lipinski definition) is 2. The molecule has 172 valence electrons. The molecule has 4 aliphatic carbocycles. The highest BCUT2D eigenvalue weighted by atomic mass is 16.5. The van der Waals surface area contributed by atoms with Crippen LogP contribution in [0.4, 0.5) is 0 Å². The summed E-state index contributed by atoms with van der Waals surface area (Å²) in [6.07, 6.45) is 11.7. The lowest BCUT2D eigenvalue weighted by Gasteiger charge is -2.63. The lowest BCUT2D eigenvalue weighted by Crippen LogP contribution is -2.65. The van der Waals surface area contributed by atoms with E-state index in [9.17, 15) is 9.90 Å². The van der Waals surface area contributed by atoms with E-state index in [0.717, 1.165) is 25.3 Å². The Bertz CT molecular complexity index is 650. The van der Waals surface area contributed by atoms with Crippen molar-refractivity contribution in [2.45, 2.75) is 104 Å². The molecular weight excluding hydrogens is 374 g/mol. The molecule has 0 aliphatic heterocycles. The zero-order valence-electron chi connectivity index (χ0n) is 20.0. The van der Waals surface area contributed by atoms with Gasteiger partial charge in [0.15, 0.2) is 5.60 Å². The fourth-order valence-corrected chi connectivity index (χ4v) is 8.74. The number of carbonyl (C=O) groups excluding carboxylic acids is 1. The first-order chi connectivity index (χ1) is 14.2. The van der Waals surface area contributed by atoms with Crippen molar-refractivity contribution in [3.63, 3.8) is 0 Å². The third-order valence-electron chi connectivity index (χ3n) is 10.3. The molecule has 0 bridgehead atoms. The van der Waals surface area contributed by atoms with Crippen LogP contribution in [0, 0.1) is 40.4 Å². The molecule has 4 saturated carbocycles. The van der Waals surface area contributed by atoms with Crippen LogP contribution >= 0.6 is 0 Å². The summed E-state index contributed by atoms with van der Waals surface area (Å²) >= 11 is 0. The molecule has 0 aromatic carbocycles. The Morgan fingerprint density at radius 1 is 1.13 bits per heavy atom. The second kappa shape index (κ2) is 8.06. The average Bonchev–Trinajstić information content (AvgIpc) is 2.98. The van der Waals surface area contributed by atoms with E-state index in [-0.39, 0.29) is 0 Å². The molecule has 0 saturated heterocycles. The van der Waals surface area contributed by atoms with Gasteiger partial charge in [0.2, 0.25) is 0 Å². The predicted molar refractivity (Wildman–Crippen MR) is 120 cm³/mol. The summed E-state index contributed by atoms with van der Waals surface area (Å²) in [7, 11) is 1.43. The van der Waals surface area contributed by atoms with Gasteiger partial charge >= 0.3 is 5.97 Å². The molecule has 0 spiro atoms. The first-order valence-corrected chi connectivity index (χ1v) is 12.7. The number of carbonyl (C=O) groups is 1. The van der Waals surface area contributed by atoms with Crippen LogP contribution in [0.5, 0.6) is 0 Å². The molecule has 0 aromatic rings. The topological polar surface area (TPSA) is 58.6 Å². The summed E-state index contributed by atoms with van der Waals surface area (Å²) in [4.78, 5) is 12.8. The van der Waals surface area contributed by atoms with Crippen LogP contribution in [-0.2, 0) is 9.53 Å². The number of esters is 1. The van der Waals surface area contributed by atoms with Crippen molar-refractivity contribution in [3.05, 3.63) is 0 Å². The van der Waals surface area contributed by atoms with Crippen molar-refractivity contribution in [1.82, 2.24) is 5.32 Å². The van der Waals surface area contributed by atoms with Gasteiger partial charge in [0.25, 0.3) is 0 Å². The number of methoxy groups -OCH3 is 1. The van der Waals surface area contributed by atoms with Gasteiger partial charge in [-0.2, -0.15) is 0 Å². The van der Waals surface area contributed by atoms with Crippen molar-refractivity contribution in [1.29, 1.82) is 0 Å². The molecule has 2 N–H and O–H groups in total. The summed E-state index contributed by atoms with van der Waals surface area (Å²) < 4.78 is 5.13. The highest BCUT2D eigenvalue weighted by Gasteiger charge is 2.69. The number of fused-ring (bicyclic) bond motifs is 5. The maximum atomic E-state index is 12.8. The normalized spacial score (nSPS) is 48.0. The molecule has 8 atom stereocenters. The maximum Gasteiger partial charge on any atom is 0.338 e. The molecule has 3 unspecified atom stereocenters. The van der Waals surface area contributed by atoms with Crippen molar-refractivity contribution in [2.24, 2.45) is 40.4 Å². The molecular formula is C26H45NO3. The molecule has 0 amide bonds. The monoisotopic (exact) mass is 419 g/mol. The van der Waals surface area contributed by atoms with Crippen LogP contribution < -0.4 is 5.32 Å². The van der Waals surface area contributed by atoms with Crippen LogP contribution in [-0.4, -0.2) is 36.4 Å². The minimum atomic E-state index is -1.33. The number of aliphatic hydroxyl groups is 1. The maximum absolute atomic E-state index is 12.8. The van der Waals surface area contributed by atoms with Gasteiger partial charge in [0.05, 0.1) is 7.11 Å². The Morgan fingerprint density at radius 3 is 2.60 bits per heavy atom. The predicted octanol–water partition coefficient (Wildman–Crippen LogP) is 4.94.